The molecule has 1 amide bonds. The molecule has 126 valence electrons. The molecule has 1 aromatic heterocycles. The lowest BCUT2D eigenvalue weighted by atomic mass is 10.2. The van der Waals surface area contributed by atoms with Crippen LogP contribution in [0.2, 0.25) is 0 Å². The van der Waals surface area contributed by atoms with Gasteiger partial charge in [-0.2, -0.15) is 0 Å². The van der Waals surface area contributed by atoms with Crippen molar-refractivity contribution in [2.75, 3.05) is 10.6 Å². The summed E-state index contributed by atoms with van der Waals surface area (Å²) in [5.74, 6) is -2.20. The smallest absolute Gasteiger partial charge is 0.274 e. The molecule has 0 spiro atoms. The lowest BCUT2D eigenvalue weighted by Gasteiger charge is -2.08. The second kappa shape index (κ2) is 7.48. The first-order valence-electron chi connectivity index (χ1n) is 7.49. The summed E-state index contributed by atoms with van der Waals surface area (Å²) in [7, 11) is 0. The average molecular weight is 340 g/mol. The van der Waals surface area contributed by atoms with Crippen molar-refractivity contribution >= 4 is 17.5 Å². The SMILES string of the molecule is O=C(Nc1c(F)cccc1F)c1ccnc(NCc2ccccc2)n1. The van der Waals surface area contributed by atoms with Gasteiger partial charge in [0.2, 0.25) is 5.95 Å². The van der Waals surface area contributed by atoms with Crippen LogP contribution in [0.1, 0.15) is 16.1 Å². The third kappa shape index (κ3) is 4.14. The number of anilines is 2. The Morgan fingerprint density at radius 3 is 2.40 bits per heavy atom. The van der Waals surface area contributed by atoms with Crippen molar-refractivity contribution < 1.29 is 13.6 Å². The maximum Gasteiger partial charge on any atom is 0.274 e. The minimum absolute atomic E-state index is 0.00628. The number of carbonyl (C=O) groups excluding carboxylic acids is 1. The number of halogens is 2. The summed E-state index contributed by atoms with van der Waals surface area (Å²) < 4.78 is 27.2. The molecule has 0 radical (unpaired) electrons. The van der Waals surface area contributed by atoms with E-state index in [1.165, 1.54) is 18.3 Å². The van der Waals surface area contributed by atoms with Gasteiger partial charge in [0, 0.05) is 12.7 Å². The zero-order chi connectivity index (χ0) is 17.6. The van der Waals surface area contributed by atoms with Crippen molar-refractivity contribution in [2.24, 2.45) is 0 Å². The number of carbonyl (C=O) groups is 1. The van der Waals surface area contributed by atoms with E-state index in [1.54, 1.807) is 0 Å². The Balaban J connectivity index is 1.71. The number of rotatable bonds is 5. The van der Waals surface area contributed by atoms with Gasteiger partial charge in [0.25, 0.3) is 5.91 Å². The Morgan fingerprint density at radius 1 is 0.960 bits per heavy atom. The fraction of sp³-hybridized carbons (Fsp3) is 0.0556. The van der Waals surface area contributed by atoms with Gasteiger partial charge in [-0.15, -0.1) is 0 Å². The predicted octanol–water partition coefficient (Wildman–Crippen LogP) is 3.62. The summed E-state index contributed by atoms with van der Waals surface area (Å²) in [6.45, 7) is 0.480. The second-order valence-corrected chi connectivity index (χ2v) is 5.16. The molecule has 1 heterocycles. The number of aromatic nitrogens is 2. The third-order valence-electron chi connectivity index (χ3n) is 3.38. The molecule has 3 rings (SSSR count). The van der Waals surface area contributed by atoms with Crippen molar-refractivity contribution in [1.29, 1.82) is 0 Å². The van der Waals surface area contributed by atoms with Gasteiger partial charge in [-0.3, -0.25) is 4.79 Å². The largest absolute Gasteiger partial charge is 0.350 e. The molecule has 3 aromatic rings. The molecule has 0 unspecified atom stereocenters. The van der Waals surface area contributed by atoms with Crippen LogP contribution in [0, 0.1) is 11.6 Å². The van der Waals surface area contributed by atoms with E-state index in [1.807, 2.05) is 30.3 Å². The lowest BCUT2D eigenvalue weighted by molar-refractivity contribution is 0.102. The number of para-hydroxylation sites is 1. The first kappa shape index (κ1) is 16.5. The number of benzene rings is 2. The van der Waals surface area contributed by atoms with Gasteiger partial charge in [-0.25, -0.2) is 18.7 Å². The summed E-state index contributed by atoms with van der Waals surface area (Å²) >= 11 is 0. The molecule has 0 saturated carbocycles. The van der Waals surface area contributed by atoms with Gasteiger partial charge >= 0.3 is 0 Å². The summed E-state index contributed by atoms with van der Waals surface area (Å²) in [5.41, 5.74) is 0.507. The summed E-state index contributed by atoms with van der Waals surface area (Å²) in [6, 6.07) is 14.3. The predicted molar refractivity (Wildman–Crippen MR) is 90.1 cm³/mol. The van der Waals surface area contributed by atoms with Crippen LogP contribution in [0.5, 0.6) is 0 Å². The monoisotopic (exact) mass is 340 g/mol. The molecule has 25 heavy (non-hydrogen) atoms. The van der Waals surface area contributed by atoms with Crippen LogP contribution in [0.3, 0.4) is 0 Å². The molecule has 0 aliphatic heterocycles. The normalized spacial score (nSPS) is 10.3. The number of nitrogens with one attached hydrogen (secondary N) is 2. The van der Waals surface area contributed by atoms with Crippen LogP contribution >= 0.6 is 0 Å². The average Bonchev–Trinajstić information content (AvgIpc) is 2.64. The molecular formula is C18H14F2N4O. The van der Waals surface area contributed by atoms with Crippen LogP contribution < -0.4 is 10.6 Å². The Kier molecular flexibility index (Phi) is 4.94. The molecule has 2 N–H and O–H groups in total. The minimum atomic E-state index is -0.857. The fourth-order valence-electron chi connectivity index (χ4n) is 2.14. The maximum atomic E-state index is 13.6. The second-order valence-electron chi connectivity index (χ2n) is 5.16. The number of nitrogens with zero attached hydrogens (tertiary/aromatic N) is 2. The molecule has 0 atom stereocenters. The summed E-state index contributed by atoms with van der Waals surface area (Å²) in [5, 5.41) is 5.18. The zero-order valence-electron chi connectivity index (χ0n) is 13.0. The fourth-order valence-corrected chi connectivity index (χ4v) is 2.14. The van der Waals surface area contributed by atoms with E-state index in [9.17, 15) is 13.6 Å². The third-order valence-corrected chi connectivity index (χ3v) is 3.38. The van der Waals surface area contributed by atoms with E-state index < -0.39 is 23.2 Å². The standard InChI is InChI=1S/C18H14F2N4O/c19-13-7-4-8-14(20)16(13)24-17(25)15-9-10-21-18(23-15)22-11-12-5-2-1-3-6-12/h1-10H,11H2,(H,24,25)(H,21,22,23). The van der Waals surface area contributed by atoms with Crippen LogP contribution in [-0.4, -0.2) is 15.9 Å². The van der Waals surface area contributed by atoms with Gasteiger partial charge in [-0.1, -0.05) is 36.4 Å². The molecular weight excluding hydrogens is 326 g/mol. The van der Waals surface area contributed by atoms with Gasteiger partial charge < -0.3 is 10.6 Å². The van der Waals surface area contributed by atoms with E-state index >= 15 is 0 Å². The van der Waals surface area contributed by atoms with Gasteiger partial charge in [-0.05, 0) is 23.8 Å². The Bertz CT molecular complexity index is 867. The van der Waals surface area contributed by atoms with Crippen molar-refractivity contribution in [3.63, 3.8) is 0 Å². The van der Waals surface area contributed by atoms with Crippen molar-refractivity contribution in [3.05, 3.63) is 83.7 Å². The Morgan fingerprint density at radius 2 is 1.68 bits per heavy atom. The highest BCUT2D eigenvalue weighted by molar-refractivity contribution is 6.03. The zero-order valence-corrected chi connectivity index (χ0v) is 13.0. The maximum absolute atomic E-state index is 13.6. The molecule has 0 aliphatic carbocycles. The molecule has 0 bridgehead atoms. The van der Waals surface area contributed by atoms with E-state index in [-0.39, 0.29) is 11.6 Å². The van der Waals surface area contributed by atoms with Gasteiger partial charge in [0.1, 0.15) is 23.0 Å². The van der Waals surface area contributed by atoms with Crippen LogP contribution in [-0.2, 0) is 6.54 Å². The summed E-state index contributed by atoms with van der Waals surface area (Å²) in [4.78, 5) is 20.3. The first-order chi connectivity index (χ1) is 12.1. The Hall–Kier alpha value is -3.35. The molecule has 7 heteroatoms. The van der Waals surface area contributed by atoms with Gasteiger partial charge in [0.15, 0.2) is 0 Å². The van der Waals surface area contributed by atoms with Crippen LogP contribution in [0.25, 0.3) is 0 Å². The van der Waals surface area contributed by atoms with Crippen molar-refractivity contribution in [1.82, 2.24) is 9.97 Å². The number of amides is 1. The number of hydrogen-bond acceptors (Lipinski definition) is 4. The van der Waals surface area contributed by atoms with E-state index in [0.29, 0.717) is 6.54 Å². The quantitative estimate of drug-likeness (QED) is 0.744. The highest BCUT2D eigenvalue weighted by Gasteiger charge is 2.15. The molecule has 0 saturated heterocycles. The molecule has 0 fully saturated rings. The van der Waals surface area contributed by atoms with Crippen LogP contribution in [0.15, 0.2) is 60.8 Å². The minimum Gasteiger partial charge on any atom is -0.350 e. The molecule has 5 nitrogen and oxygen atoms in total. The molecule has 2 aromatic carbocycles. The highest BCUT2D eigenvalue weighted by atomic mass is 19.1. The topological polar surface area (TPSA) is 66.9 Å². The lowest BCUT2D eigenvalue weighted by Crippen LogP contribution is -2.17. The first-order valence-corrected chi connectivity index (χ1v) is 7.49. The van der Waals surface area contributed by atoms with Crippen molar-refractivity contribution in [3.8, 4) is 0 Å². The Labute approximate surface area is 142 Å². The van der Waals surface area contributed by atoms with E-state index in [2.05, 4.69) is 20.6 Å². The van der Waals surface area contributed by atoms with E-state index in [0.717, 1.165) is 17.7 Å². The van der Waals surface area contributed by atoms with E-state index in [4.69, 9.17) is 0 Å². The summed E-state index contributed by atoms with van der Waals surface area (Å²) in [6.07, 6.45) is 1.40. The van der Waals surface area contributed by atoms with Gasteiger partial charge in [0.05, 0.1) is 0 Å². The highest BCUT2D eigenvalue weighted by Crippen LogP contribution is 2.18. The molecule has 0 aliphatic rings. The number of hydrogen-bond donors (Lipinski definition) is 2. The van der Waals surface area contributed by atoms with Crippen LogP contribution in [0.4, 0.5) is 20.4 Å². The van der Waals surface area contributed by atoms with Crippen molar-refractivity contribution in [2.45, 2.75) is 6.54 Å².